The van der Waals surface area contributed by atoms with Gasteiger partial charge >= 0.3 is 17.7 Å². The molecule has 3 N–H and O–H groups in total. The Hall–Kier alpha value is -3.85. The van der Waals surface area contributed by atoms with Crippen LogP contribution in [0.4, 0.5) is 10.5 Å². The Balaban J connectivity index is 1.30. The zero-order valence-electron chi connectivity index (χ0n) is 17.7. The molecule has 1 fully saturated rings. The van der Waals surface area contributed by atoms with Crippen LogP contribution in [0.1, 0.15) is 28.6 Å². The van der Waals surface area contributed by atoms with Gasteiger partial charge < -0.3 is 20.3 Å². The molecule has 0 aliphatic carbocycles. The number of piperidine rings is 1. The maximum atomic E-state index is 12.9. The van der Waals surface area contributed by atoms with Crippen molar-refractivity contribution in [2.75, 3.05) is 18.4 Å². The zero-order valence-corrected chi connectivity index (χ0v) is 18.5. The molecule has 0 unspecified atom stereocenters. The monoisotopic (exact) mass is 462 g/mol. The van der Waals surface area contributed by atoms with Gasteiger partial charge in [0, 0.05) is 24.0 Å². The Morgan fingerprint density at radius 2 is 1.73 bits per heavy atom. The van der Waals surface area contributed by atoms with E-state index in [1.165, 1.54) is 0 Å². The van der Waals surface area contributed by atoms with Crippen molar-refractivity contribution in [3.63, 3.8) is 0 Å². The van der Waals surface area contributed by atoms with Gasteiger partial charge in [-0.1, -0.05) is 42.5 Å². The van der Waals surface area contributed by atoms with Crippen molar-refractivity contribution < 1.29 is 14.7 Å². The number of thiophene rings is 1. The summed E-state index contributed by atoms with van der Waals surface area (Å²) in [6.45, 7) is 0.945. The van der Waals surface area contributed by atoms with Gasteiger partial charge in [-0.3, -0.25) is 4.57 Å². The number of amides is 2. The highest BCUT2D eigenvalue weighted by atomic mass is 32.1. The smallest absolute Gasteiger partial charge is 0.348 e. The zero-order chi connectivity index (χ0) is 22.9. The molecule has 33 heavy (non-hydrogen) atoms. The normalized spacial score (nSPS) is 14.5. The van der Waals surface area contributed by atoms with Crippen molar-refractivity contribution in [2.24, 2.45) is 0 Å². The number of hydrogen-bond donors (Lipinski definition) is 3. The standard InChI is InChI=1S/C24H22N4O4S/c29-22(30)21-18(14-20(33-21)15-6-2-1-3-7-15)26-23(31)27-12-10-16(11-13-27)28-19-9-5-4-8-17(19)25-24(28)32/h1-9,14,16H,10-13H2,(H,25,32)(H,26,31)(H,29,30). The number of carboxylic acid groups (broad SMARTS) is 1. The molecule has 1 aliphatic rings. The molecule has 4 aromatic rings. The van der Waals surface area contributed by atoms with E-state index in [0.29, 0.717) is 31.6 Å². The molecule has 1 saturated heterocycles. The van der Waals surface area contributed by atoms with Crippen LogP contribution in [0.2, 0.25) is 0 Å². The molecule has 2 aromatic heterocycles. The van der Waals surface area contributed by atoms with E-state index in [-0.39, 0.29) is 22.6 Å². The third-order valence-electron chi connectivity index (χ3n) is 5.97. The predicted molar refractivity (Wildman–Crippen MR) is 128 cm³/mol. The third kappa shape index (κ3) is 4.03. The topological polar surface area (TPSA) is 107 Å². The number of rotatable bonds is 4. The number of para-hydroxylation sites is 2. The molecule has 8 nitrogen and oxygen atoms in total. The molecule has 2 amide bonds. The number of aromatic carboxylic acids is 1. The average molecular weight is 463 g/mol. The molecule has 0 radical (unpaired) electrons. The minimum atomic E-state index is -1.07. The highest BCUT2D eigenvalue weighted by Gasteiger charge is 2.27. The first-order chi connectivity index (χ1) is 16.0. The number of aromatic amines is 1. The van der Waals surface area contributed by atoms with Crippen molar-refractivity contribution in [1.82, 2.24) is 14.5 Å². The van der Waals surface area contributed by atoms with Crippen LogP contribution in [0.5, 0.6) is 0 Å². The number of nitrogens with one attached hydrogen (secondary N) is 2. The number of imidazole rings is 1. The molecule has 9 heteroatoms. The first-order valence-corrected chi connectivity index (χ1v) is 11.5. The average Bonchev–Trinajstić information content (AvgIpc) is 3.40. The molecule has 2 aromatic carbocycles. The molecule has 0 bridgehead atoms. The number of carbonyl (C=O) groups is 2. The Bertz CT molecular complexity index is 1380. The highest BCUT2D eigenvalue weighted by molar-refractivity contribution is 7.18. The van der Waals surface area contributed by atoms with Crippen LogP contribution in [-0.4, -0.2) is 44.6 Å². The quantitative estimate of drug-likeness (QED) is 0.411. The molecular weight excluding hydrogens is 440 g/mol. The van der Waals surface area contributed by atoms with Crippen LogP contribution in [-0.2, 0) is 0 Å². The second kappa shape index (κ2) is 8.59. The summed E-state index contributed by atoms with van der Waals surface area (Å²) in [5.41, 5.74) is 2.72. The molecule has 0 saturated carbocycles. The summed E-state index contributed by atoms with van der Waals surface area (Å²) in [4.78, 5) is 42.6. The summed E-state index contributed by atoms with van der Waals surface area (Å²) in [6.07, 6.45) is 1.28. The number of nitrogens with zero attached hydrogens (tertiary/aromatic N) is 2. The van der Waals surface area contributed by atoms with E-state index in [1.54, 1.807) is 15.5 Å². The van der Waals surface area contributed by atoms with E-state index in [9.17, 15) is 19.5 Å². The van der Waals surface area contributed by atoms with Gasteiger partial charge in [-0.2, -0.15) is 0 Å². The summed E-state index contributed by atoms with van der Waals surface area (Å²) < 4.78 is 1.78. The SMILES string of the molecule is O=C(O)c1sc(-c2ccccc2)cc1NC(=O)N1CCC(n2c(=O)[nH]c3ccccc32)CC1. The van der Waals surface area contributed by atoms with Crippen LogP contribution in [0.15, 0.2) is 65.5 Å². The number of carboxylic acids is 1. The lowest BCUT2D eigenvalue weighted by Crippen LogP contribution is -2.42. The van der Waals surface area contributed by atoms with Crippen LogP contribution < -0.4 is 11.0 Å². The Morgan fingerprint density at radius 1 is 1.03 bits per heavy atom. The number of fused-ring (bicyclic) bond motifs is 1. The van der Waals surface area contributed by atoms with Gasteiger partial charge in [0.1, 0.15) is 4.88 Å². The number of benzene rings is 2. The largest absolute Gasteiger partial charge is 0.477 e. The highest BCUT2D eigenvalue weighted by Crippen LogP contribution is 2.35. The summed E-state index contributed by atoms with van der Waals surface area (Å²) in [6, 6.07) is 18.4. The number of H-pyrrole nitrogens is 1. The van der Waals surface area contributed by atoms with Gasteiger partial charge in [-0.25, -0.2) is 14.4 Å². The Kier molecular flexibility index (Phi) is 5.47. The Morgan fingerprint density at radius 3 is 2.45 bits per heavy atom. The summed E-state index contributed by atoms with van der Waals surface area (Å²) >= 11 is 1.14. The lowest BCUT2D eigenvalue weighted by atomic mass is 10.0. The minimum Gasteiger partial charge on any atom is -0.477 e. The number of anilines is 1. The third-order valence-corrected chi connectivity index (χ3v) is 7.14. The van der Waals surface area contributed by atoms with Gasteiger partial charge in [0.15, 0.2) is 0 Å². The van der Waals surface area contributed by atoms with E-state index in [4.69, 9.17) is 0 Å². The van der Waals surface area contributed by atoms with Crippen molar-refractivity contribution in [3.05, 3.63) is 76.0 Å². The number of aromatic nitrogens is 2. The van der Waals surface area contributed by atoms with Crippen LogP contribution in [0.3, 0.4) is 0 Å². The van der Waals surface area contributed by atoms with E-state index in [1.807, 2.05) is 54.6 Å². The molecule has 0 spiro atoms. The van der Waals surface area contributed by atoms with Crippen molar-refractivity contribution in [3.8, 4) is 10.4 Å². The van der Waals surface area contributed by atoms with Crippen LogP contribution >= 0.6 is 11.3 Å². The van der Waals surface area contributed by atoms with Gasteiger partial charge in [-0.15, -0.1) is 11.3 Å². The van der Waals surface area contributed by atoms with E-state index in [0.717, 1.165) is 32.8 Å². The summed E-state index contributed by atoms with van der Waals surface area (Å²) in [5, 5.41) is 12.4. The number of hydrogen-bond acceptors (Lipinski definition) is 4. The molecule has 5 rings (SSSR count). The summed E-state index contributed by atoms with van der Waals surface area (Å²) in [7, 11) is 0. The van der Waals surface area contributed by atoms with E-state index >= 15 is 0 Å². The molecule has 3 heterocycles. The van der Waals surface area contributed by atoms with Crippen LogP contribution in [0, 0.1) is 0 Å². The van der Waals surface area contributed by atoms with E-state index in [2.05, 4.69) is 10.3 Å². The molecule has 1 aliphatic heterocycles. The Labute approximate surface area is 193 Å². The van der Waals surface area contributed by atoms with Crippen molar-refractivity contribution in [2.45, 2.75) is 18.9 Å². The van der Waals surface area contributed by atoms with Crippen LogP contribution in [0.25, 0.3) is 21.5 Å². The number of urea groups is 1. The van der Waals surface area contributed by atoms with E-state index < -0.39 is 5.97 Å². The van der Waals surface area contributed by atoms with Gasteiger partial charge in [0.05, 0.1) is 16.7 Å². The summed E-state index contributed by atoms with van der Waals surface area (Å²) in [5.74, 6) is -1.07. The van der Waals surface area contributed by atoms with Crippen molar-refractivity contribution >= 4 is 40.1 Å². The second-order valence-electron chi connectivity index (χ2n) is 7.99. The minimum absolute atomic E-state index is 0.00175. The van der Waals surface area contributed by atoms with Gasteiger partial charge in [-0.05, 0) is 36.6 Å². The maximum absolute atomic E-state index is 12.9. The predicted octanol–water partition coefficient (Wildman–Crippen LogP) is 4.63. The number of carbonyl (C=O) groups excluding carboxylic acids is 1. The maximum Gasteiger partial charge on any atom is 0.348 e. The molecule has 168 valence electrons. The first kappa shape index (κ1) is 21.0. The van der Waals surface area contributed by atoms with Crippen molar-refractivity contribution in [1.29, 1.82) is 0 Å². The fourth-order valence-electron chi connectivity index (χ4n) is 4.35. The molecule has 0 atom stereocenters. The fourth-order valence-corrected chi connectivity index (χ4v) is 5.30. The first-order valence-electron chi connectivity index (χ1n) is 10.7. The lowest BCUT2D eigenvalue weighted by Gasteiger charge is -2.32. The lowest BCUT2D eigenvalue weighted by molar-refractivity contribution is 0.0703. The molecular formula is C24H22N4O4S. The van der Waals surface area contributed by atoms with Gasteiger partial charge in [0.2, 0.25) is 0 Å². The fraction of sp³-hybridized carbons (Fsp3) is 0.208. The van der Waals surface area contributed by atoms with Gasteiger partial charge in [0.25, 0.3) is 0 Å². The second-order valence-corrected chi connectivity index (χ2v) is 9.04. The number of likely N-dealkylation sites (tertiary alicyclic amines) is 1.